The summed E-state index contributed by atoms with van der Waals surface area (Å²) in [5.74, 6) is 1.28. The molecule has 0 amide bonds. The van der Waals surface area contributed by atoms with Gasteiger partial charge in [-0.05, 0) is 153 Å². The van der Waals surface area contributed by atoms with Gasteiger partial charge in [0.15, 0.2) is 11.5 Å². The molecule has 3 aliphatic rings. The van der Waals surface area contributed by atoms with Crippen molar-refractivity contribution in [3.05, 3.63) is 82.4 Å². The number of aryl methyl sites for hydroxylation is 2. The first-order chi connectivity index (χ1) is 33.3. The second-order valence-electron chi connectivity index (χ2n) is 19.9. The number of ketones is 2. The van der Waals surface area contributed by atoms with Crippen LogP contribution in [0.2, 0.25) is 0 Å². The summed E-state index contributed by atoms with van der Waals surface area (Å²) >= 11 is 0. The Kier molecular flexibility index (Phi) is 19.2. The maximum Gasteiger partial charge on any atom is 0.168 e. The zero-order valence-electron chi connectivity index (χ0n) is 40.5. The summed E-state index contributed by atoms with van der Waals surface area (Å²) in [4.78, 5) is 26.5. The Morgan fingerprint density at radius 2 is 1.59 bits per heavy atom. The predicted octanol–water partition coefficient (Wildman–Crippen LogP) is 10.1. The third kappa shape index (κ3) is 14.4. The van der Waals surface area contributed by atoms with Gasteiger partial charge in [0.1, 0.15) is 23.5 Å². The molecule has 376 valence electrons. The van der Waals surface area contributed by atoms with Crippen LogP contribution in [0.1, 0.15) is 150 Å². The number of methoxy groups -OCH3 is 1. The maximum absolute atomic E-state index is 14.4. The van der Waals surface area contributed by atoms with E-state index in [1.807, 2.05) is 36.4 Å². The molecule has 4 aromatic rings. The van der Waals surface area contributed by atoms with Crippen molar-refractivity contribution in [2.24, 2.45) is 0 Å². The Balaban J connectivity index is 1.22. The van der Waals surface area contributed by atoms with Gasteiger partial charge in [-0.3, -0.25) is 14.9 Å². The number of phenols is 2. The van der Waals surface area contributed by atoms with E-state index in [1.54, 1.807) is 39.8 Å². The number of aromatic hydroxyl groups is 2. The molecule has 0 radical (unpaired) electrons. The molecule has 2 aliphatic carbocycles. The van der Waals surface area contributed by atoms with E-state index < -0.39 is 29.6 Å². The smallest absolute Gasteiger partial charge is 0.168 e. The molecule has 4 aromatic carbocycles. The number of carbonyl (C=O) groups is 2. The minimum absolute atomic E-state index is 0.0247. The molecular formula is C55H74N2O10S2. The van der Waals surface area contributed by atoms with Gasteiger partial charge in [0.25, 0.3) is 0 Å². The second-order valence-corrected chi connectivity index (χ2v) is 22.4. The highest BCUT2D eigenvalue weighted by Crippen LogP contribution is 2.46. The van der Waals surface area contributed by atoms with E-state index in [0.717, 1.165) is 103 Å². The van der Waals surface area contributed by atoms with Crippen molar-refractivity contribution in [1.29, 1.82) is 0 Å². The molecule has 0 spiro atoms. The summed E-state index contributed by atoms with van der Waals surface area (Å²) in [6.07, 6.45) is 10.9. The van der Waals surface area contributed by atoms with Crippen molar-refractivity contribution in [2.75, 3.05) is 31.3 Å². The number of anilines is 1. The number of carbonyl (C=O) groups excluding carboxylic acids is 2. The van der Waals surface area contributed by atoms with E-state index in [9.17, 15) is 40.2 Å². The Morgan fingerprint density at radius 3 is 2.30 bits per heavy atom. The first-order valence-electron chi connectivity index (χ1n) is 25.2. The number of ether oxygens (including phenoxy) is 2. The largest absolute Gasteiger partial charge is 0.508 e. The molecule has 0 bridgehead atoms. The number of benzene rings is 4. The van der Waals surface area contributed by atoms with E-state index in [-0.39, 0.29) is 49.1 Å². The Labute approximate surface area is 415 Å². The van der Waals surface area contributed by atoms with Crippen LogP contribution in [0.4, 0.5) is 5.69 Å². The van der Waals surface area contributed by atoms with Crippen molar-refractivity contribution < 1.29 is 49.7 Å². The fourth-order valence-electron chi connectivity index (χ4n) is 10.7. The van der Waals surface area contributed by atoms with Crippen LogP contribution in [0.3, 0.4) is 0 Å². The van der Waals surface area contributed by atoms with Crippen molar-refractivity contribution in [2.45, 2.75) is 171 Å². The number of rotatable bonds is 16. The molecule has 69 heavy (non-hydrogen) atoms. The normalized spacial score (nSPS) is 20.7. The minimum Gasteiger partial charge on any atom is -0.508 e. The van der Waals surface area contributed by atoms with Crippen LogP contribution in [0.15, 0.2) is 54.6 Å². The van der Waals surface area contributed by atoms with Gasteiger partial charge in [0.2, 0.25) is 0 Å². The SMILES string of the molecule is COc1c(O)ccc2c1-c1ccc3ccc(O)cc3c1CSSC[C@@H](O)CC[C@@H](O[C@H](NCCCC1(O)CCCCC1)c1cc(CO)c(NCC(C)=O)cc1CCC1(O)CCCCC1)CC(=O)CC2. The molecule has 8 N–H and O–H groups in total. The molecular weight excluding hydrogens is 913 g/mol. The summed E-state index contributed by atoms with van der Waals surface area (Å²) in [7, 11) is 4.67. The maximum atomic E-state index is 14.4. The fraction of sp³-hybridized carbons (Fsp3) is 0.564. The third-order valence-electron chi connectivity index (χ3n) is 14.6. The van der Waals surface area contributed by atoms with Crippen LogP contribution in [-0.2, 0) is 39.5 Å². The van der Waals surface area contributed by atoms with Crippen LogP contribution in [0.5, 0.6) is 17.2 Å². The number of phenolic OH excluding ortho intramolecular Hbond substituents is 2. The van der Waals surface area contributed by atoms with Gasteiger partial charge in [0, 0.05) is 41.2 Å². The Hall–Kier alpha value is -3.86. The lowest BCUT2D eigenvalue weighted by Gasteiger charge is -2.34. The van der Waals surface area contributed by atoms with Crippen molar-refractivity contribution in [1.82, 2.24) is 5.32 Å². The molecule has 12 nitrogen and oxygen atoms in total. The standard InChI is InChI=1S/C55H74N2O10S2/c1-36(59)32-57-49-29-39(20-26-55(65)23-7-4-8-24-55)47(28-40(49)33-58)53(56-27-9-25-54(64)21-5-3-6-22-54)67-44-17-16-43(62)34-68-69-35-48-45(18-12-37-10-14-42(61)31-46(37)48)51-38(11-15-41(60)30-44)13-19-50(63)52(51)66-2/h10,12-14,18-19,28-29,31,43-44,53,56-58,61-65H,3-9,11,15-17,20-27,30,32-35H2,1-2H3/t43-,44+,53-/m0/s1. The topological polar surface area (TPSA) is 198 Å². The van der Waals surface area contributed by atoms with Gasteiger partial charge in [-0.25, -0.2) is 0 Å². The van der Waals surface area contributed by atoms with Crippen LogP contribution in [0, 0.1) is 0 Å². The zero-order chi connectivity index (χ0) is 49.0. The van der Waals surface area contributed by atoms with E-state index >= 15 is 0 Å². The number of nitrogens with one attached hydrogen (secondary N) is 2. The predicted molar refractivity (Wildman–Crippen MR) is 277 cm³/mol. The van der Waals surface area contributed by atoms with Crippen LogP contribution < -0.4 is 15.4 Å². The molecule has 0 unspecified atom stereocenters. The number of aliphatic hydroxyl groups is 4. The third-order valence-corrected chi connectivity index (χ3v) is 16.9. The minimum atomic E-state index is -0.806. The molecule has 2 fully saturated rings. The average molecular weight is 987 g/mol. The van der Waals surface area contributed by atoms with E-state index in [2.05, 4.69) is 10.6 Å². The molecule has 14 heteroatoms. The van der Waals surface area contributed by atoms with Gasteiger partial charge >= 0.3 is 0 Å². The lowest BCUT2D eigenvalue weighted by molar-refractivity contribution is -0.124. The van der Waals surface area contributed by atoms with Crippen molar-refractivity contribution in [3.8, 4) is 28.4 Å². The number of hydrogen-bond acceptors (Lipinski definition) is 14. The van der Waals surface area contributed by atoms with Crippen molar-refractivity contribution in [3.63, 3.8) is 0 Å². The van der Waals surface area contributed by atoms with Crippen LogP contribution in [-0.4, -0.2) is 91.6 Å². The summed E-state index contributed by atoms with van der Waals surface area (Å²) in [5.41, 5.74) is 4.67. The van der Waals surface area contributed by atoms with Gasteiger partial charge in [-0.1, -0.05) is 84.4 Å². The highest BCUT2D eigenvalue weighted by Gasteiger charge is 2.32. The van der Waals surface area contributed by atoms with E-state index in [4.69, 9.17) is 9.47 Å². The van der Waals surface area contributed by atoms with Gasteiger partial charge in [-0.15, -0.1) is 0 Å². The fourth-order valence-corrected chi connectivity index (χ4v) is 13.0. The van der Waals surface area contributed by atoms with Gasteiger partial charge in [-0.2, -0.15) is 0 Å². The van der Waals surface area contributed by atoms with Crippen LogP contribution in [0.25, 0.3) is 21.9 Å². The Bertz CT molecular complexity index is 2360. The van der Waals surface area contributed by atoms with Crippen LogP contribution >= 0.6 is 21.6 Å². The number of Topliss-reactive ketones (excluding diaryl/α,β-unsaturated/α-hetero) is 2. The average Bonchev–Trinajstić information content (AvgIpc) is 3.33. The molecule has 7 rings (SSSR count). The molecule has 0 saturated heterocycles. The molecule has 3 atom stereocenters. The van der Waals surface area contributed by atoms with Gasteiger partial charge in [0.05, 0.1) is 43.7 Å². The second kappa shape index (κ2) is 25.0. The number of fused-ring (bicyclic) bond motifs is 5. The van der Waals surface area contributed by atoms with Crippen molar-refractivity contribution >= 4 is 49.6 Å². The molecule has 0 aromatic heterocycles. The first kappa shape index (κ1) is 53.0. The highest BCUT2D eigenvalue weighted by atomic mass is 33.1. The summed E-state index contributed by atoms with van der Waals surface area (Å²) in [6.45, 7) is 1.81. The molecule has 1 aliphatic heterocycles. The summed E-state index contributed by atoms with van der Waals surface area (Å²) in [6, 6.07) is 16.6. The lowest BCUT2D eigenvalue weighted by Crippen LogP contribution is -2.35. The molecule has 2 saturated carbocycles. The lowest BCUT2D eigenvalue weighted by atomic mass is 9.80. The highest BCUT2D eigenvalue weighted by molar-refractivity contribution is 8.76. The van der Waals surface area contributed by atoms with E-state index in [1.165, 1.54) is 14.0 Å². The summed E-state index contributed by atoms with van der Waals surface area (Å²) < 4.78 is 13.0. The quantitative estimate of drug-likeness (QED) is 0.0300. The molecule has 1 heterocycles. The monoisotopic (exact) mass is 986 g/mol. The van der Waals surface area contributed by atoms with Gasteiger partial charge < -0.3 is 45.4 Å². The zero-order valence-corrected chi connectivity index (χ0v) is 42.2. The number of aliphatic hydroxyl groups excluding tert-OH is 2. The van der Waals surface area contributed by atoms with E-state index in [0.29, 0.717) is 85.6 Å². The first-order valence-corrected chi connectivity index (χ1v) is 27.7. The number of hydrogen-bond donors (Lipinski definition) is 8. The Morgan fingerprint density at radius 1 is 0.870 bits per heavy atom. The summed E-state index contributed by atoms with van der Waals surface area (Å²) in [5, 5.41) is 75.8.